The van der Waals surface area contributed by atoms with Crippen molar-refractivity contribution in [2.45, 2.75) is 52.6 Å². The van der Waals surface area contributed by atoms with Gasteiger partial charge in [0, 0.05) is 31.8 Å². The van der Waals surface area contributed by atoms with Gasteiger partial charge in [0.25, 0.3) is 5.91 Å². The van der Waals surface area contributed by atoms with Crippen molar-refractivity contribution < 1.29 is 9.32 Å². The molecule has 0 radical (unpaired) electrons. The fourth-order valence-corrected chi connectivity index (χ4v) is 3.59. The van der Waals surface area contributed by atoms with E-state index in [0.717, 1.165) is 54.4 Å². The molecule has 7 nitrogen and oxygen atoms in total. The molecule has 4 heterocycles. The van der Waals surface area contributed by atoms with Gasteiger partial charge in [0.2, 0.25) is 0 Å². The van der Waals surface area contributed by atoms with Crippen molar-refractivity contribution in [1.82, 2.24) is 24.6 Å². The molecule has 1 amide bonds. The summed E-state index contributed by atoms with van der Waals surface area (Å²) >= 11 is 0. The van der Waals surface area contributed by atoms with E-state index in [-0.39, 0.29) is 5.91 Å². The third kappa shape index (κ3) is 2.98. The summed E-state index contributed by atoms with van der Waals surface area (Å²) in [4.78, 5) is 24.2. The van der Waals surface area contributed by atoms with E-state index in [1.807, 2.05) is 26.0 Å². The van der Waals surface area contributed by atoms with Crippen LogP contribution in [-0.2, 0) is 19.5 Å². The lowest BCUT2D eigenvalue weighted by Crippen LogP contribution is -2.26. The second-order valence-corrected chi connectivity index (χ2v) is 7.06. The Labute approximate surface area is 152 Å². The zero-order valence-electron chi connectivity index (χ0n) is 15.4. The summed E-state index contributed by atoms with van der Waals surface area (Å²) in [5, 5.41) is 3.97. The molecule has 4 rings (SSSR count). The van der Waals surface area contributed by atoms with Crippen molar-refractivity contribution in [3.05, 3.63) is 40.7 Å². The number of nitrogens with zero attached hydrogens (tertiary/aromatic N) is 5. The van der Waals surface area contributed by atoms with E-state index in [2.05, 4.69) is 14.7 Å². The molecule has 0 unspecified atom stereocenters. The third-order valence-electron chi connectivity index (χ3n) is 4.85. The smallest absolute Gasteiger partial charge is 0.256 e. The quantitative estimate of drug-likeness (QED) is 0.723. The highest BCUT2D eigenvalue weighted by molar-refractivity contribution is 6.04. The minimum absolute atomic E-state index is 0.0746. The van der Waals surface area contributed by atoms with E-state index < -0.39 is 0 Å². The van der Waals surface area contributed by atoms with Crippen LogP contribution < -0.4 is 0 Å². The largest absolute Gasteiger partial charge is 0.361 e. The lowest BCUT2D eigenvalue weighted by atomic mass is 10.1. The van der Waals surface area contributed by atoms with Crippen molar-refractivity contribution in [3.63, 3.8) is 0 Å². The number of aryl methyl sites for hydroxylation is 4. The predicted octanol–water partition coefficient (Wildman–Crippen LogP) is 3.03. The molecule has 0 N–H and O–H groups in total. The number of imidazole rings is 1. The molecule has 3 aromatic rings. The maximum Gasteiger partial charge on any atom is 0.256 e. The van der Waals surface area contributed by atoms with Gasteiger partial charge in [-0.2, -0.15) is 0 Å². The van der Waals surface area contributed by atoms with E-state index in [0.29, 0.717) is 17.6 Å². The Balaban J connectivity index is 1.72. The molecular formula is C19H23N5O2. The van der Waals surface area contributed by atoms with Crippen molar-refractivity contribution >= 4 is 17.1 Å². The molecule has 1 aliphatic heterocycles. The second kappa shape index (κ2) is 6.55. The molecule has 0 bridgehead atoms. The summed E-state index contributed by atoms with van der Waals surface area (Å²) in [6.45, 7) is 5.08. The molecule has 0 aliphatic carbocycles. The van der Waals surface area contributed by atoms with Crippen molar-refractivity contribution in [3.8, 4) is 0 Å². The Hall–Kier alpha value is -2.70. The van der Waals surface area contributed by atoms with Crippen LogP contribution in [0.15, 0.2) is 16.7 Å². The number of carbonyl (C=O) groups is 1. The lowest BCUT2D eigenvalue weighted by molar-refractivity contribution is 0.0783. The van der Waals surface area contributed by atoms with Gasteiger partial charge in [0.15, 0.2) is 5.65 Å². The van der Waals surface area contributed by atoms with Gasteiger partial charge in [-0.25, -0.2) is 9.97 Å². The molecule has 1 aliphatic rings. The zero-order chi connectivity index (χ0) is 18.3. The van der Waals surface area contributed by atoms with Crippen LogP contribution in [-0.4, -0.2) is 37.5 Å². The molecule has 0 aromatic carbocycles. The number of hydrogen-bond donors (Lipinski definition) is 0. The normalized spacial score (nSPS) is 14.3. The maximum absolute atomic E-state index is 13.1. The molecule has 136 valence electrons. The maximum atomic E-state index is 13.1. The van der Waals surface area contributed by atoms with Gasteiger partial charge < -0.3 is 14.0 Å². The Bertz CT molecular complexity index is 972. The summed E-state index contributed by atoms with van der Waals surface area (Å²) in [5.74, 6) is 1.70. The first-order chi connectivity index (χ1) is 12.5. The van der Waals surface area contributed by atoms with Crippen LogP contribution in [0.1, 0.15) is 52.6 Å². The van der Waals surface area contributed by atoms with Crippen LogP contribution in [0.4, 0.5) is 0 Å². The molecule has 26 heavy (non-hydrogen) atoms. The topological polar surface area (TPSA) is 77.0 Å². The van der Waals surface area contributed by atoms with Gasteiger partial charge in [-0.1, -0.05) is 11.6 Å². The summed E-state index contributed by atoms with van der Waals surface area (Å²) in [6, 6.07) is 3.68. The van der Waals surface area contributed by atoms with Crippen molar-refractivity contribution in [1.29, 1.82) is 0 Å². The number of carbonyl (C=O) groups excluding carboxylic acids is 1. The first-order valence-electron chi connectivity index (χ1n) is 9.07. The molecule has 3 aromatic heterocycles. The summed E-state index contributed by atoms with van der Waals surface area (Å²) in [6.07, 6.45) is 4.42. The Morgan fingerprint density at radius 3 is 2.85 bits per heavy atom. The van der Waals surface area contributed by atoms with Gasteiger partial charge in [-0.15, -0.1) is 0 Å². The summed E-state index contributed by atoms with van der Waals surface area (Å²) < 4.78 is 7.28. The van der Waals surface area contributed by atoms with Crippen LogP contribution >= 0.6 is 0 Å². The first kappa shape index (κ1) is 16.8. The third-order valence-corrected chi connectivity index (χ3v) is 4.85. The minimum Gasteiger partial charge on any atom is -0.361 e. The standard InChI is InChI=1S/C19H23N5O2/c1-12-9-15(19(25)23(3)11-14-10-13(2)26-22-14)17-18(20-12)24-8-6-4-5-7-16(24)21-17/h9-10H,4-8,11H2,1-3H3. The number of aromatic nitrogens is 4. The van der Waals surface area contributed by atoms with E-state index in [1.54, 1.807) is 11.9 Å². The van der Waals surface area contributed by atoms with E-state index >= 15 is 0 Å². The lowest BCUT2D eigenvalue weighted by Gasteiger charge is -2.16. The van der Waals surface area contributed by atoms with Crippen LogP contribution in [0.2, 0.25) is 0 Å². The average Bonchev–Trinajstić information content (AvgIpc) is 3.08. The van der Waals surface area contributed by atoms with Crippen LogP contribution in [0, 0.1) is 13.8 Å². The fraction of sp³-hybridized carbons (Fsp3) is 0.474. The van der Waals surface area contributed by atoms with Gasteiger partial charge >= 0.3 is 0 Å². The zero-order valence-corrected chi connectivity index (χ0v) is 15.4. The SMILES string of the molecule is Cc1cc(C(=O)N(C)Cc2cc(C)on2)c2nc3n(c2n1)CCCCC3. The molecule has 7 heteroatoms. The summed E-state index contributed by atoms with van der Waals surface area (Å²) in [7, 11) is 1.77. The van der Waals surface area contributed by atoms with E-state index in [9.17, 15) is 4.79 Å². The monoisotopic (exact) mass is 353 g/mol. The van der Waals surface area contributed by atoms with Crippen molar-refractivity contribution in [2.75, 3.05) is 7.05 Å². The van der Waals surface area contributed by atoms with Crippen LogP contribution in [0.3, 0.4) is 0 Å². The Morgan fingerprint density at radius 1 is 1.23 bits per heavy atom. The molecule has 0 atom stereocenters. The van der Waals surface area contributed by atoms with Gasteiger partial charge in [-0.05, 0) is 32.8 Å². The summed E-state index contributed by atoms with van der Waals surface area (Å²) in [5.41, 5.74) is 3.71. The number of rotatable bonds is 3. The fourth-order valence-electron chi connectivity index (χ4n) is 3.59. The minimum atomic E-state index is -0.0746. The first-order valence-corrected chi connectivity index (χ1v) is 9.07. The Kier molecular flexibility index (Phi) is 4.22. The van der Waals surface area contributed by atoms with E-state index in [1.165, 1.54) is 6.42 Å². The Morgan fingerprint density at radius 2 is 2.08 bits per heavy atom. The molecule has 0 fully saturated rings. The van der Waals surface area contributed by atoms with Crippen LogP contribution in [0.5, 0.6) is 0 Å². The van der Waals surface area contributed by atoms with Gasteiger partial charge in [0.05, 0.1) is 12.1 Å². The number of pyridine rings is 1. The number of amides is 1. The van der Waals surface area contributed by atoms with Gasteiger partial charge in [0.1, 0.15) is 22.8 Å². The highest BCUT2D eigenvalue weighted by Crippen LogP contribution is 2.25. The van der Waals surface area contributed by atoms with Crippen LogP contribution in [0.25, 0.3) is 11.2 Å². The molecule has 0 spiro atoms. The molecule has 0 saturated carbocycles. The molecular weight excluding hydrogens is 330 g/mol. The highest BCUT2D eigenvalue weighted by atomic mass is 16.5. The van der Waals surface area contributed by atoms with Crippen molar-refractivity contribution in [2.24, 2.45) is 0 Å². The number of fused-ring (bicyclic) bond motifs is 3. The second-order valence-electron chi connectivity index (χ2n) is 7.06. The highest BCUT2D eigenvalue weighted by Gasteiger charge is 2.23. The number of hydrogen-bond acceptors (Lipinski definition) is 5. The predicted molar refractivity (Wildman–Crippen MR) is 96.9 cm³/mol. The van der Waals surface area contributed by atoms with Gasteiger partial charge in [-0.3, -0.25) is 4.79 Å². The van der Waals surface area contributed by atoms with E-state index in [4.69, 9.17) is 9.51 Å². The molecule has 0 saturated heterocycles. The average molecular weight is 353 g/mol.